The molecule has 0 fully saturated rings. The van der Waals surface area contributed by atoms with Gasteiger partial charge in [0.2, 0.25) is 0 Å². The van der Waals surface area contributed by atoms with Crippen LogP contribution >= 0.6 is 0 Å². The number of hydrogen-bond acceptors (Lipinski definition) is 4. The number of benzene rings is 1. The number of methoxy groups -OCH3 is 1. The second-order valence-electron chi connectivity index (χ2n) is 3.71. The normalized spacial score (nSPS) is 10.9. The van der Waals surface area contributed by atoms with Gasteiger partial charge in [0.25, 0.3) is 0 Å². The van der Waals surface area contributed by atoms with E-state index in [1.54, 1.807) is 12.1 Å². The molecule has 17 heavy (non-hydrogen) atoms. The molecular formula is C13H18N2O2. The maximum Gasteiger partial charge on any atom is 0.337 e. The summed E-state index contributed by atoms with van der Waals surface area (Å²) in [7, 11) is 5.20. The molecule has 0 aliphatic heterocycles. The number of hydrogen-bond donors (Lipinski definition) is 1. The average Bonchev–Trinajstić information content (AvgIpc) is 2.37. The lowest BCUT2D eigenvalue weighted by atomic mass is 10.2. The molecule has 1 N–H and O–H groups in total. The summed E-state index contributed by atoms with van der Waals surface area (Å²) >= 11 is 0. The van der Waals surface area contributed by atoms with E-state index in [1.165, 1.54) is 7.11 Å². The maximum absolute atomic E-state index is 11.3. The van der Waals surface area contributed by atoms with E-state index in [0.717, 1.165) is 11.4 Å². The maximum atomic E-state index is 11.3. The average molecular weight is 234 g/mol. The Bertz CT molecular complexity index is 410. The Morgan fingerprint density at radius 2 is 1.94 bits per heavy atom. The van der Waals surface area contributed by atoms with Crippen LogP contribution in [0.25, 0.3) is 0 Å². The quantitative estimate of drug-likeness (QED) is 0.809. The summed E-state index contributed by atoms with van der Waals surface area (Å²) in [6, 6.07) is 7.26. The number of nitrogens with zero attached hydrogens (tertiary/aromatic N) is 1. The summed E-state index contributed by atoms with van der Waals surface area (Å²) in [4.78, 5) is 13.2. The fourth-order valence-corrected chi connectivity index (χ4v) is 1.38. The van der Waals surface area contributed by atoms with E-state index in [2.05, 4.69) is 10.1 Å². The molecule has 0 radical (unpaired) electrons. The van der Waals surface area contributed by atoms with Gasteiger partial charge >= 0.3 is 5.97 Å². The number of ether oxygens (including phenoxy) is 1. The highest BCUT2D eigenvalue weighted by atomic mass is 16.5. The van der Waals surface area contributed by atoms with Gasteiger partial charge in [0.05, 0.1) is 12.7 Å². The predicted molar refractivity (Wildman–Crippen MR) is 69.0 cm³/mol. The van der Waals surface area contributed by atoms with Gasteiger partial charge in [-0.05, 0) is 31.2 Å². The van der Waals surface area contributed by atoms with E-state index in [1.807, 2.05) is 44.3 Å². The van der Waals surface area contributed by atoms with Gasteiger partial charge in [-0.25, -0.2) is 4.79 Å². The molecule has 92 valence electrons. The van der Waals surface area contributed by atoms with Crippen molar-refractivity contribution in [3.8, 4) is 0 Å². The SMILES string of the molecule is CN/C(C)=C\N(C)c1ccc(C(=O)OC)cc1. The molecule has 0 spiro atoms. The predicted octanol–water partition coefficient (Wildman–Crippen LogP) is 1.99. The molecule has 0 aliphatic carbocycles. The van der Waals surface area contributed by atoms with Crippen LogP contribution in [0.15, 0.2) is 36.2 Å². The Morgan fingerprint density at radius 1 is 1.35 bits per heavy atom. The fourth-order valence-electron chi connectivity index (χ4n) is 1.38. The molecule has 4 heteroatoms. The molecule has 0 amide bonds. The Labute approximate surface area is 102 Å². The fraction of sp³-hybridized carbons (Fsp3) is 0.308. The van der Waals surface area contributed by atoms with Gasteiger partial charge in [-0.3, -0.25) is 0 Å². The second-order valence-corrected chi connectivity index (χ2v) is 3.71. The first-order valence-corrected chi connectivity index (χ1v) is 5.36. The first-order valence-electron chi connectivity index (χ1n) is 5.36. The summed E-state index contributed by atoms with van der Waals surface area (Å²) < 4.78 is 4.64. The van der Waals surface area contributed by atoms with Gasteiger partial charge < -0.3 is 15.0 Å². The zero-order valence-corrected chi connectivity index (χ0v) is 10.7. The van der Waals surface area contributed by atoms with Crippen molar-refractivity contribution in [2.75, 3.05) is 26.1 Å². The van der Waals surface area contributed by atoms with Crippen LogP contribution in [0.2, 0.25) is 0 Å². The van der Waals surface area contributed by atoms with Crippen molar-refractivity contribution in [1.82, 2.24) is 5.32 Å². The van der Waals surface area contributed by atoms with E-state index in [0.29, 0.717) is 5.56 Å². The highest BCUT2D eigenvalue weighted by molar-refractivity contribution is 5.89. The minimum Gasteiger partial charge on any atom is -0.465 e. The molecule has 0 aliphatic rings. The number of carbonyl (C=O) groups is 1. The standard InChI is InChI=1S/C13H18N2O2/c1-10(14-2)9-15(3)12-7-5-11(6-8-12)13(16)17-4/h5-9,14H,1-4H3/b10-9-. The van der Waals surface area contributed by atoms with Crippen molar-refractivity contribution in [1.29, 1.82) is 0 Å². The molecule has 0 unspecified atom stereocenters. The van der Waals surface area contributed by atoms with E-state index < -0.39 is 0 Å². The summed E-state index contributed by atoms with van der Waals surface area (Å²) in [5.74, 6) is -0.318. The largest absolute Gasteiger partial charge is 0.465 e. The van der Waals surface area contributed by atoms with Crippen LogP contribution in [0.3, 0.4) is 0 Å². The van der Waals surface area contributed by atoms with Crippen LogP contribution in [0, 0.1) is 0 Å². The minimum absolute atomic E-state index is 0.318. The molecule has 0 atom stereocenters. The van der Waals surface area contributed by atoms with E-state index in [-0.39, 0.29) is 5.97 Å². The molecule has 1 aromatic rings. The van der Waals surface area contributed by atoms with Crippen molar-refractivity contribution >= 4 is 11.7 Å². The molecule has 0 aromatic heterocycles. The van der Waals surface area contributed by atoms with Gasteiger partial charge in [-0.15, -0.1) is 0 Å². The number of rotatable bonds is 4. The van der Waals surface area contributed by atoms with Crippen molar-refractivity contribution in [2.45, 2.75) is 6.92 Å². The van der Waals surface area contributed by atoms with Crippen molar-refractivity contribution in [2.24, 2.45) is 0 Å². The Morgan fingerprint density at radius 3 is 2.41 bits per heavy atom. The number of anilines is 1. The lowest BCUT2D eigenvalue weighted by molar-refractivity contribution is 0.0601. The molecule has 4 nitrogen and oxygen atoms in total. The number of carbonyl (C=O) groups excluding carboxylic acids is 1. The topological polar surface area (TPSA) is 41.6 Å². The zero-order chi connectivity index (χ0) is 12.8. The van der Waals surface area contributed by atoms with Crippen molar-refractivity contribution in [3.05, 3.63) is 41.7 Å². The summed E-state index contributed by atoms with van der Waals surface area (Å²) in [5.41, 5.74) is 2.62. The van der Waals surface area contributed by atoms with Gasteiger partial charge in [-0.2, -0.15) is 0 Å². The molecule has 0 saturated heterocycles. The first-order chi connectivity index (χ1) is 8.08. The zero-order valence-electron chi connectivity index (χ0n) is 10.7. The lowest BCUT2D eigenvalue weighted by Gasteiger charge is -2.16. The highest BCUT2D eigenvalue weighted by Gasteiger charge is 2.05. The summed E-state index contributed by atoms with van der Waals surface area (Å²) in [5, 5.41) is 3.05. The molecule has 0 saturated carbocycles. The molecule has 0 bridgehead atoms. The molecule has 1 aromatic carbocycles. The Hall–Kier alpha value is -1.97. The van der Waals surface area contributed by atoms with Crippen LogP contribution in [0.1, 0.15) is 17.3 Å². The van der Waals surface area contributed by atoms with Gasteiger partial charge in [0.15, 0.2) is 0 Å². The van der Waals surface area contributed by atoms with Gasteiger partial charge in [0, 0.05) is 31.7 Å². The second kappa shape index (κ2) is 5.94. The third-order valence-corrected chi connectivity index (χ3v) is 2.48. The van der Waals surface area contributed by atoms with Gasteiger partial charge in [-0.1, -0.05) is 0 Å². The Balaban J connectivity index is 2.84. The third kappa shape index (κ3) is 3.52. The number of allylic oxidation sites excluding steroid dienone is 1. The van der Waals surface area contributed by atoms with E-state index in [9.17, 15) is 4.79 Å². The number of nitrogens with one attached hydrogen (secondary N) is 1. The monoisotopic (exact) mass is 234 g/mol. The van der Waals surface area contributed by atoms with Crippen LogP contribution in [0.5, 0.6) is 0 Å². The van der Waals surface area contributed by atoms with Crippen molar-refractivity contribution in [3.63, 3.8) is 0 Å². The van der Waals surface area contributed by atoms with Crippen LogP contribution < -0.4 is 10.2 Å². The molecule has 0 heterocycles. The van der Waals surface area contributed by atoms with E-state index in [4.69, 9.17) is 0 Å². The van der Waals surface area contributed by atoms with Crippen molar-refractivity contribution < 1.29 is 9.53 Å². The molecule has 1 rings (SSSR count). The molecular weight excluding hydrogens is 216 g/mol. The van der Waals surface area contributed by atoms with Crippen LogP contribution in [-0.2, 0) is 4.74 Å². The smallest absolute Gasteiger partial charge is 0.337 e. The minimum atomic E-state index is -0.318. The van der Waals surface area contributed by atoms with Crippen LogP contribution in [-0.4, -0.2) is 27.2 Å². The Kier molecular flexibility index (Phi) is 4.57. The van der Waals surface area contributed by atoms with Gasteiger partial charge in [0.1, 0.15) is 0 Å². The van der Waals surface area contributed by atoms with E-state index >= 15 is 0 Å². The number of esters is 1. The summed E-state index contributed by atoms with van der Waals surface area (Å²) in [6.07, 6.45) is 1.98. The first kappa shape index (κ1) is 13.1. The highest BCUT2D eigenvalue weighted by Crippen LogP contribution is 2.15. The third-order valence-electron chi connectivity index (χ3n) is 2.48. The lowest BCUT2D eigenvalue weighted by Crippen LogP contribution is -2.13. The van der Waals surface area contributed by atoms with Crippen LogP contribution in [0.4, 0.5) is 5.69 Å². The summed E-state index contributed by atoms with van der Waals surface area (Å²) in [6.45, 7) is 1.99.